The largest absolute Gasteiger partial charge is 0.504 e. The molecule has 12 nitrogen and oxygen atoms in total. The van der Waals surface area contributed by atoms with Crippen LogP contribution in [0.5, 0.6) is 11.5 Å². The number of nitrogens with zero attached hydrogens (tertiary/aromatic N) is 3. The lowest BCUT2D eigenvalue weighted by molar-refractivity contribution is -0.188. The molecular weight excluding hydrogens is 570 g/mol. The molecular formula is C29H34F2N4O8. The van der Waals surface area contributed by atoms with E-state index in [4.69, 9.17) is 20.3 Å². The van der Waals surface area contributed by atoms with E-state index in [2.05, 4.69) is 9.88 Å². The SMILES string of the molecule is Nc1ccn([C@@H]2O[C@H](CO)[C@@H](O)C2(F)F)c(=O)n1.O=C1CC[C@@]2(O)[C@H]3Cc4ccc(O)c5c4[C@@]2(CCN3CC2CC2)[C@H]1O5. The number of aliphatic hydroxyl groups is 3. The molecule has 2 saturated carbocycles. The first-order valence-electron chi connectivity index (χ1n) is 14.6. The number of nitrogens with two attached hydrogens (primary N) is 1. The van der Waals surface area contributed by atoms with Gasteiger partial charge in [0.15, 0.2) is 29.5 Å². The minimum atomic E-state index is -3.71. The van der Waals surface area contributed by atoms with Gasteiger partial charge in [-0.2, -0.15) is 13.8 Å². The fourth-order valence-electron chi connectivity index (χ4n) is 7.99. The second-order valence-corrected chi connectivity index (χ2v) is 12.6. The van der Waals surface area contributed by atoms with Gasteiger partial charge in [-0.05, 0) is 62.3 Å². The number of piperidine rings is 1. The Hall–Kier alpha value is -3.17. The number of hydrogen-bond donors (Lipinski definition) is 5. The molecule has 4 heterocycles. The number of hydrogen-bond acceptors (Lipinski definition) is 11. The summed E-state index contributed by atoms with van der Waals surface area (Å²) in [6.45, 7) is 1.17. The molecule has 14 heteroatoms. The molecule has 6 N–H and O–H groups in total. The van der Waals surface area contributed by atoms with Crippen molar-refractivity contribution in [2.75, 3.05) is 25.4 Å². The normalized spacial score (nSPS) is 36.9. The minimum absolute atomic E-state index is 0.0454. The van der Waals surface area contributed by atoms with Crippen LogP contribution < -0.4 is 16.2 Å². The van der Waals surface area contributed by atoms with E-state index in [0.717, 1.165) is 55.2 Å². The molecule has 8 rings (SSSR count). The van der Waals surface area contributed by atoms with E-state index >= 15 is 0 Å². The van der Waals surface area contributed by atoms with Crippen molar-refractivity contribution in [3.63, 3.8) is 0 Å². The van der Waals surface area contributed by atoms with Gasteiger partial charge in [0.05, 0.1) is 17.6 Å². The number of ether oxygens (including phenoxy) is 2. The first-order chi connectivity index (χ1) is 20.4. The average Bonchev–Trinajstić information content (AvgIpc) is 3.66. The predicted molar refractivity (Wildman–Crippen MR) is 145 cm³/mol. The maximum atomic E-state index is 13.7. The summed E-state index contributed by atoms with van der Waals surface area (Å²) in [5.41, 5.74) is 4.66. The molecule has 0 radical (unpaired) electrons. The van der Waals surface area contributed by atoms with E-state index in [9.17, 15) is 33.7 Å². The van der Waals surface area contributed by atoms with Gasteiger partial charge < -0.3 is 35.6 Å². The molecule has 232 valence electrons. The van der Waals surface area contributed by atoms with E-state index < -0.39 is 53.8 Å². The fraction of sp³-hybridized carbons (Fsp3) is 0.621. The number of carbonyl (C=O) groups excluding carboxylic acids is 1. The van der Waals surface area contributed by atoms with Crippen LogP contribution in [0.15, 0.2) is 29.2 Å². The molecule has 43 heavy (non-hydrogen) atoms. The zero-order chi connectivity index (χ0) is 30.5. The number of likely N-dealkylation sites (tertiary alicyclic amines) is 1. The van der Waals surface area contributed by atoms with Gasteiger partial charge in [-0.25, -0.2) is 4.79 Å². The van der Waals surface area contributed by atoms with Crippen molar-refractivity contribution in [1.29, 1.82) is 0 Å². The van der Waals surface area contributed by atoms with Gasteiger partial charge in [0, 0.05) is 30.8 Å². The van der Waals surface area contributed by atoms with E-state index in [-0.39, 0.29) is 23.4 Å². The van der Waals surface area contributed by atoms with Crippen molar-refractivity contribution in [1.82, 2.24) is 14.5 Å². The molecule has 1 aromatic heterocycles. The van der Waals surface area contributed by atoms with Crippen LogP contribution in [-0.4, -0.2) is 96.2 Å². The maximum absolute atomic E-state index is 13.7. The van der Waals surface area contributed by atoms with Crippen LogP contribution in [0.25, 0.3) is 0 Å². The quantitative estimate of drug-likeness (QED) is 0.323. The van der Waals surface area contributed by atoms with Crippen LogP contribution >= 0.6 is 0 Å². The molecule has 3 aliphatic heterocycles. The Labute approximate surface area is 244 Å². The summed E-state index contributed by atoms with van der Waals surface area (Å²) in [6.07, 6.45) is -0.361. The summed E-state index contributed by atoms with van der Waals surface area (Å²) in [6, 6.07) is 4.84. The first-order valence-corrected chi connectivity index (χ1v) is 14.6. The molecule has 0 unspecified atom stereocenters. The summed E-state index contributed by atoms with van der Waals surface area (Å²) in [7, 11) is 0. The number of rotatable bonds is 4. The monoisotopic (exact) mass is 604 g/mol. The first kappa shape index (κ1) is 28.6. The van der Waals surface area contributed by atoms with Crippen LogP contribution in [-0.2, 0) is 21.4 Å². The minimum Gasteiger partial charge on any atom is -0.504 e. The molecule has 1 aromatic carbocycles. The fourth-order valence-corrected chi connectivity index (χ4v) is 7.99. The highest BCUT2D eigenvalue weighted by molar-refractivity contribution is 5.90. The van der Waals surface area contributed by atoms with Gasteiger partial charge >= 0.3 is 11.6 Å². The van der Waals surface area contributed by atoms with Crippen molar-refractivity contribution in [3.8, 4) is 11.5 Å². The number of Topliss-reactive ketones (excluding diaryl/α,β-unsaturated/α-hetero) is 1. The third-order valence-corrected chi connectivity index (χ3v) is 10.2. The number of anilines is 1. The maximum Gasteiger partial charge on any atom is 0.351 e. The van der Waals surface area contributed by atoms with Crippen LogP contribution in [0.4, 0.5) is 14.6 Å². The van der Waals surface area contributed by atoms with E-state index in [1.54, 1.807) is 6.07 Å². The van der Waals surface area contributed by atoms with E-state index in [0.29, 0.717) is 23.2 Å². The molecule has 4 fully saturated rings. The number of aromatic hydroxyl groups is 1. The van der Waals surface area contributed by atoms with Gasteiger partial charge in [-0.1, -0.05) is 6.07 Å². The zero-order valence-corrected chi connectivity index (χ0v) is 23.2. The third-order valence-electron chi connectivity index (χ3n) is 10.2. The second-order valence-electron chi connectivity index (χ2n) is 12.6. The number of halogens is 2. The van der Waals surface area contributed by atoms with E-state index in [1.165, 1.54) is 12.8 Å². The Morgan fingerprint density at radius 1 is 1.16 bits per heavy atom. The zero-order valence-electron chi connectivity index (χ0n) is 23.2. The van der Waals surface area contributed by atoms with Crippen molar-refractivity contribution in [3.05, 3.63) is 46.0 Å². The Bertz CT molecular complexity index is 1530. The number of benzene rings is 1. The Morgan fingerprint density at radius 2 is 1.93 bits per heavy atom. The third kappa shape index (κ3) is 3.99. The number of phenols is 1. The average molecular weight is 605 g/mol. The van der Waals surface area contributed by atoms with Gasteiger partial charge in [0.1, 0.15) is 11.9 Å². The van der Waals surface area contributed by atoms with Crippen molar-refractivity contribution >= 4 is 11.6 Å². The number of ketones is 1. The molecule has 2 aromatic rings. The van der Waals surface area contributed by atoms with E-state index in [1.807, 2.05) is 6.07 Å². The number of carbonyl (C=O) groups is 1. The smallest absolute Gasteiger partial charge is 0.351 e. The summed E-state index contributed by atoms with van der Waals surface area (Å²) in [4.78, 5) is 29.9. The number of aliphatic hydroxyl groups excluding tert-OH is 2. The lowest BCUT2D eigenvalue weighted by atomic mass is 9.49. The number of nitrogen functional groups attached to an aromatic ring is 1. The van der Waals surface area contributed by atoms with Crippen molar-refractivity contribution < 1.29 is 43.5 Å². The molecule has 7 atom stereocenters. The lowest BCUT2D eigenvalue weighted by Gasteiger charge is -2.62. The number of aromatic nitrogens is 2. The predicted octanol–water partition coefficient (Wildman–Crippen LogP) is 0.237. The molecule has 2 saturated heterocycles. The van der Waals surface area contributed by atoms with Crippen LogP contribution in [0.2, 0.25) is 0 Å². The molecule has 1 spiro atoms. The van der Waals surface area contributed by atoms with Gasteiger partial charge in [-0.15, -0.1) is 0 Å². The summed E-state index contributed by atoms with van der Waals surface area (Å²) in [5.74, 6) is -2.44. The molecule has 2 bridgehead atoms. The molecule has 6 aliphatic rings. The molecule has 0 amide bonds. The molecule has 3 aliphatic carbocycles. The second kappa shape index (κ2) is 9.66. The van der Waals surface area contributed by atoms with Crippen LogP contribution in [0, 0.1) is 5.92 Å². The topological polar surface area (TPSA) is 181 Å². The highest BCUT2D eigenvalue weighted by atomic mass is 19.3. The number of alkyl halides is 2. The highest BCUT2D eigenvalue weighted by Crippen LogP contribution is 2.65. The van der Waals surface area contributed by atoms with Gasteiger partial charge in [0.2, 0.25) is 6.23 Å². The van der Waals surface area contributed by atoms with Crippen molar-refractivity contribution in [2.24, 2.45) is 5.92 Å². The Morgan fingerprint density at radius 3 is 2.60 bits per heavy atom. The Balaban J connectivity index is 0.000000149. The summed E-state index contributed by atoms with van der Waals surface area (Å²) >= 11 is 0. The number of phenolic OH excluding ortho intramolecular Hbond substituents is 1. The van der Waals surface area contributed by atoms with Gasteiger partial charge in [0.25, 0.3) is 0 Å². The lowest BCUT2D eigenvalue weighted by Crippen LogP contribution is -2.76. The van der Waals surface area contributed by atoms with Crippen LogP contribution in [0.1, 0.15) is 49.5 Å². The van der Waals surface area contributed by atoms with Gasteiger partial charge in [-0.3, -0.25) is 14.3 Å². The summed E-state index contributed by atoms with van der Waals surface area (Å²) < 4.78 is 38.7. The van der Waals surface area contributed by atoms with Crippen molar-refractivity contribution in [2.45, 2.75) is 86.0 Å². The standard InChI is InChI=1S/C20H23NO4.C9H11F2N3O4/c22-13-4-3-12-9-15-20(24)6-5-14(23)18-19(20,16(12)17(13)25-18)7-8-21(15)10-11-1-2-11;10-9(11)6(16)4(3-15)18-7(9)14-2-1-5(12)13-8(14)17/h3-4,11,15,18,22,24H,1-2,5-10H2;1-2,4,6-7,15-16H,3H2,(H2,12,13,17)/t15-,18+,19+,20-;4-,6-,7-/m11/s1. The Kier molecular flexibility index (Phi) is 6.43. The highest BCUT2D eigenvalue weighted by Gasteiger charge is 2.73. The van der Waals surface area contributed by atoms with Crippen LogP contribution in [0.3, 0.4) is 0 Å². The summed E-state index contributed by atoms with van der Waals surface area (Å²) in [5, 5.41) is 40.4.